The summed E-state index contributed by atoms with van der Waals surface area (Å²) in [6.07, 6.45) is 3.86. The van der Waals surface area contributed by atoms with Gasteiger partial charge < -0.3 is 20.3 Å². The molecule has 1 atom stereocenters. The van der Waals surface area contributed by atoms with Crippen molar-refractivity contribution >= 4 is 46.0 Å². The second kappa shape index (κ2) is 7.38. The molecule has 5 N–H and O–H groups in total. The molecule has 3 rings (SSSR count). The highest BCUT2D eigenvalue weighted by molar-refractivity contribution is 6.35. The predicted molar refractivity (Wildman–Crippen MR) is 99.3 cm³/mol. The Balaban J connectivity index is 2.00. The third-order valence-electron chi connectivity index (χ3n) is 4.55. The van der Waals surface area contributed by atoms with Crippen LogP contribution in [0.1, 0.15) is 26.2 Å². The van der Waals surface area contributed by atoms with Gasteiger partial charge in [0.25, 0.3) is 0 Å². The third-order valence-corrected chi connectivity index (χ3v) is 4.83. The molecular formula is C16H21ClN6O3. The normalized spacial score (nSPS) is 17.3. The SMILES string of the molecule is CCC(=O)Nc1c[nH]c2ncc(Cl)c(N3CCC[C@@H](N(N)C(=O)O)C3)c12. The lowest BCUT2D eigenvalue weighted by atomic mass is 10.0. The molecule has 0 saturated carbocycles. The molecule has 0 bridgehead atoms. The van der Waals surface area contributed by atoms with Crippen molar-refractivity contribution in [1.82, 2.24) is 15.0 Å². The highest BCUT2D eigenvalue weighted by Gasteiger charge is 2.29. The minimum absolute atomic E-state index is 0.118. The van der Waals surface area contributed by atoms with Gasteiger partial charge in [-0.25, -0.2) is 20.6 Å². The molecule has 9 nitrogen and oxygen atoms in total. The number of nitrogens with zero attached hydrogens (tertiary/aromatic N) is 3. The molecule has 0 radical (unpaired) electrons. The van der Waals surface area contributed by atoms with Gasteiger partial charge in [0.05, 0.1) is 34.0 Å². The van der Waals surface area contributed by atoms with Gasteiger partial charge in [-0.05, 0) is 12.8 Å². The summed E-state index contributed by atoms with van der Waals surface area (Å²) in [6.45, 7) is 2.89. The van der Waals surface area contributed by atoms with Crippen molar-refractivity contribution in [2.45, 2.75) is 32.2 Å². The topological polar surface area (TPSA) is 128 Å². The van der Waals surface area contributed by atoms with Crippen molar-refractivity contribution in [2.24, 2.45) is 5.84 Å². The second-order valence-electron chi connectivity index (χ2n) is 6.21. The maximum Gasteiger partial charge on any atom is 0.421 e. The number of anilines is 2. The predicted octanol–water partition coefficient (Wildman–Crippen LogP) is 2.39. The Morgan fingerprint density at radius 2 is 2.35 bits per heavy atom. The molecule has 3 heterocycles. The van der Waals surface area contributed by atoms with E-state index in [9.17, 15) is 9.59 Å². The lowest BCUT2D eigenvalue weighted by Crippen LogP contribution is -2.53. The maximum atomic E-state index is 11.8. The first-order chi connectivity index (χ1) is 12.4. The molecule has 1 aliphatic rings. The van der Waals surface area contributed by atoms with E-state index in [2.05, 4.69) is 15.3 Å². The summed E-state index contributed by atoms with van der Waals surface area (Å²) in [5.74, 6) is 5.56. The van der Waals surface area contributed by atoms with Crippen LogP contribution in [0.2, 0.25) is 5.02 Å². The molecule has 140 valence electrons. The smallest absolute Gasteiger partial charge is 0.421 e. The summed E-state index contributed by atoms with van der Waals surface area (Å²) >= 11 is 6.43. The van der Waals surface area contributed by atoms with Crippen molar-refractivity contribution in [2.75, 3.05) is 23.3 Å². The summed E-state index contributed by atoms with van der Waals surface area (Å²) in [4.78, 5) is 32.3. The van der Waals surface area contributed by atoms with Crippen LogP contribution in [0.3, 0.4) is 0 Å². The van der Waals surface area contributed by atoms with E-state index in [1.165, 1.54) is 0 Å². The fourth-order valence-electron chi connectivity index (χ4n) is 3.24. The minimum Gasteiger partial charge on any atom is -0.464 e. The second-order valence-corrected chi connectivity index (χ2v) is 6.62. The molecule has 1 aliphatic heterocycles. The number of fused-ring (bicyclic) bond motifs is 1. The van der Waals surface area contributed by atoms with E-state index in [1.807, 2.05) is 4.90 Å². The number of aromatic nitrogens is 2. The summed E-state index contributed by atoms with van der Waals surface area (Å²) in [6, 6.07) is -0.340. The number of carbonyl (C=O) groups is 2. The van der Waals surface area contributed by atoms with Gasteiger partial charge in [0.2, 0.25) is 5.91 Å². The average molecular weight is 381 g/mol. The van der Waals surface area contributed by atoms with E-state index in [0.717, 1.165) is 11.4 Å². The number of piperidine rings is 1. The number of aromatic amines is 1. The first-order valence-corrected chi connectivity index (χ1v) is 8.77. The average Bonchev–Trinajstić information content (AvgIpc) is 3.03. The van der Waals surface area contributed by atoms with E-state index in [1.54, 1.807) is 19.3 Å². The zero-order chi connectivity index (χ0) is 18.8. The molecule has 2 amide bonds. The Morgan fingerprint density at radius 3 is 3.04 bits per heavy atom. The van der Waals surface area contributed by atoms with Crippen molar-refractivity contribution in [3.63, 3.8) is 0 Å². The van der Waals surface area contributed by atoms with Crippen LogP contribution in [-0.2, 0) is 4.79 Å². The highest BCUT2D eigenvalue weighted by Crippen LogP contribution is 2.39. The van der Waals surface area contributed by atoms with E-state index in [0.29, 0.717) is 53.4 Å². The van der Waals surface area contributed by atoms with Crippen molar-refractivity contribution in [3.05, 3.63) is 17.4 Å². The number of H-pyrrole nitrogens is 1. The molecule has 1 fully saturated rings. The molecule has 2 aromatic heterocycles. The van der Waals surface area contributed by atoms with Crippen LogP contribution in [0.4, 0.5) is 16.2 Å². The fourth-order valence-corrected chi connectivity index (χ4v) is 3.51. The summed E-state index contributed by atoms with van der Waals surface area (Å²) < 4.78 is 0. The Hall–Kier alpha value is -2.52. The number of pyridine rings is 1. The highest BCUT2D eigenvalue weighted by atomic mass is 35.5. The molecule has 0 aliphatic carbocycles. The maximum absolute atomic E-state index is 11.8. The van der Waals surface area contributed by atoms with E-state index in [-0.39, 0.29) is 11.9 Å². The molecular weight excluding hydrogens is 360 g/mol. The van der Waals surface area contributed by atoms with Crippen LogP contribution < -0.4 is 16.1 Å². The number of nitrogens with two attached hydrogens (primary N) is 1. The van der Waals surface area contributed by atoms with Crippen molar-refractivity contribution in [1.29, 1.82) is 0 Å². The van der Waals surface area contributed by atoms with Gasteiger partial charge in [-0.1, -0.05) is 18.5 Å². The Bertz CT molecular complexity index is 839. The quantitative estimate of drug-likeness (QED) is 0.366. The molecule has 1 saturated heterocycles. The molecule has 2 aromatic rings. The molecule has 0 unspecified atom stereocenters. The standard InChI is InChI=1S/C16H21ClN6O3/c1-2-12(24)21-11-7-20-15-13(11)14(10(17)6-19-15)22-5-3-4-9(8-22)23(18)16(25)26/h6-7,9H,2-5,8,18H2,1H3,(H,19,20)(H,21,24)(H,25,26)/t9-/m1/s1. The molecule has 0 spiro atoms. The summed E-state index contributed by atoms with van der Waals surface area (Å²) in [7, 11) is 0. The van der Waals surface area contributed by atoms with Crippen LogP contribution in [0.25, 0.3) is 11.0 Å². The monoisotopic (exact) mass is 380 g/mol. The lowest BCUT2D eigenvalue weighted by Gasteiger charge is -2.37. The molecule has 10 heteroatoms. The Kier molecular flexibility index (Phi) is 5.19. The first kappa shape index (κ1) is 18.3. The summed E-state index contributed by atoms with van der Waals surface area (Å²) in [5.41, 5.74) is 1.91. The van der Waals surface area contributed by atoms with Gasteiger partial charge in [-0.15, -0.1) is 0 Å². The van der Waals surface area contributed by atoms with Gasteiger partial charge in [0.1, 0.15) is 5.65 Å². The number of amides is 2. The number of nitrogens with one attached hydrogen (secondary N) is 2. The van der Waals surface area contributed by atoms with Gasteiger partial charge in [0, 0.05) is 25.7 Å². The summed E-state index contributed by atoms with van der Waals surface area (Å²) in [5, 5.41) is 14.0. The number of hydrogen-bond donors (Lipinski definition) is 4. The number of carbonyl (C=O) groups excluding carboxylic acids is 1. The van der Waals surface area contributed by atoms with Crippen LogP contribution >= 0.6 is 11.6 Å². The molecule has 0 aromatic carbocycles. The fraction of sp³-hybridized carbons (Fsp3) is 0.438. The van der Waals surface area contributed by atoms with Gasteiger partial charge >= 0.3 is 6.09 Å². The third kappa shape index (κ3) is 3.40. The van der Waals surface area contributed by atoms with Crippen LogP contribution in [-0.4, -0.2) is 51.2 Å². The zero-order valence-electron chi connectivity index (χ0n) is 14.3. The molecule has 26 heavy (non-hydrogen) atoms. The Morgan fingerprint density at radius 1 is 1.58 bits per heavy atom. The van der Waals surface area contributed by atoms with E-state index in [4.69, 9.17) is 22.6 Å². The van der Waals surface area contributed by atoms with Crippen LogP contribution in [0, 0.1) is 0 Å². The van der Waals surface area contributed by atoms with Crippen LogP contribution in [0.15, 0.2) is 12.4 Å². The lowest BCUT2D eigenvalue weighted by molar-refractivity contribution is -0.115. The van der Waals surface area contributed by atoms with Gasteiger partial charge in [-0.3, -0.25) is 4.79 Å². The number of halogens is 1. The number of carboxylic acid groups (broad SMARTS) is 1. The number of rotatable bonds is 4. The van der Waals surface area contributed by atoms with Gasteiger partial charge in [0.15, 0.2) is 0 Å². The minimum atomic E-state index is -1.17. The number of hydrazine groups is 1. The van der Waals surface area contributed by atoms with Crippen LogP contribution in [0.5, 0.6) is 0 Å². The number of hydrogen-bond acceptors (Lipinski definition) is 5. The van der Waals surface area contributed by atoms with Gasteiger partial charge in [-0.2, -0.15) is 0 Å². The zero-order valence-corrected chi connectivity index (χ0v) is 15.1. The van der Waals surface area contributed by atoms with E-state index >= 15 is 0 Å². The van der Waals surface area contributed by atoms with Crippen molar-refractivity contribution < 1.29 is 14.7 Å². The Labute approximate surface area is 155 Å². The van der Waals surface area contributed by atoms with E-state index < -0.39 is 6.09 Å². The van der Waals surface area contributed by atoms with Crippen molar-refractivity contribution in [3.8, 4) is 0 Å². The largest absolute Gasteiger partial charge is 0.464 e. The first-order valence-electron chi connectivity index (χ1n) is 8.39.